The van der Waals surface area contributed by atoms with Crippen molar-refractivity contribution in [1.82, 2.24) is 0 Å². The van der Waals surface area contributed by atoms with Crippen LogP contribution in [0.1, 0.15) is 20.3 Å². The van der Waals surface area contributed by atoms with Gasteiger partial charge in [0.25, 0.3) is 0 Å². The number of para-hydroxylation sites is 1. The third-order valence-electron chi connectivity index (χ3n) is 2.36. The van der Waals surface area contributed by atoms with Gasteiger partial charge in [-0.25, -0.2) is 0 Å². The normalized spacial score (nSPS) is 10.0. The minimum Gasteiger partial charge on any atom is -0.358 e. The van der Waals surface area contributed by atoms with Crippen LogP contribution in [0, 0.1) is 17.2 Å². The summed E-state index contributed by atoms with van der Waals surface area (Å²) in [6, 6.07) is 12.3. The van der Waals surface area contributed by atoms with Crippen molar-refractivity contribution in [3.05, 3.63) is 30.3 Å². The third kappa shape index (κ3) is 4.03. The molecule has 1 aromatic rings. The van der Waals surface area contributed by atoms with E-state index < -0.39 is 0 Å². The lowest BCUT2D eigenvalue weighted by atomic mass is 10.1. The molecular formula is C13H18N2. The summed E-state index contributed by atoms with van der Waals surface area (Å²) in [5, 5.41) is 8.77. The third-order valence-corrected chi connectivity index (χ3v) is 2.36. The first kappa shape index (κ1) is 11.6. The maximum absolute atomic E-state index is 8.77. The van der Waals surface area contributed by atoms with Crippen molar-refractivity contribution < 1.29 is 0 Å². The van der Waals surface area contributed by atoms with Gasteiger partial charge in [-0.3, -0.25) is 0 Å². The van der Waals surface area contributed by atoms with Crippen molar-refractivity contribution in [1.29, 1.82) is 5.26 Å². The highest BCUT2D eigenvalue weighted by molar-refractivity contribution is 5.46. The Morgan fingerprint density at radius 3 is 2.47 bits per heavy atom. The Balaban J connectivity index is 2.62. The summed E-state index contributed by atoms with van der Waals surface area (Å²) >= 11 is 0. The van der Waals surface area contributed by atoms with Crippen LogP contribution in [0.5, 0.6) is 0 Å². The molecule has 0 saturated heterocycles. The fourth-order valence-corrected chi connectivity index (χ4v) is 1.44. The Bertz CT molecular complexity index is 311. The summed E-state index contributed by atoms with van der Waals surface area (Å²) in [6.07, 6.45) is 1.12. The number of hydrogen-bond acceptors (Lipinski definition) is 2. The zero-order valence-electron chi connectivity index (χ0n) is 9.48. The molecule has 0 heterocycles. The van der Waals surface area contributed by atoms with E-state index in [0.717, 1.165) is 18.7 Å². The molecule has 2 nitrogen and oxygen atoms in total. The maximum atomic E-state index is 8.77. The van der Waals surface area contributed by atoms with Gasteiger partial charge in [-0.15, -0.1) is 0 Å². The molecule has 1 aromatic carbocycles. The van der Waals surface area contributed by atoms with E-state index in [0.29, 0.717) is 12.5 Å². The van der Waals surface area contributed by atoms with Gasteiger partial charge in [0.15, 0.2) is 0 Å². The molecule has 0 spiro atoms. The van der Waals surface area contributed by atoms with Gasteiger partial charge in [-0.05, 0) is 24.5 Å². The molecule has 15 heavy (non-hydrogen) atoms. The van der Waals surface area contributed by atoms with Crippen LogP contribution in [0.2, 0.25) is 0 Å². The van der Waals surface area contributed by atoms with Gasteiger partial charge in [0, 0.05) is 12.2 Å². The minimum atomic E-state index is 0.469. The smallest absolute Gasteiger partial charge is 0.105 e. The van der Waals surface area contributed by atoms with Crippen LogP contribution >= 0.6 is 0 Å². The molecule has 0 atom stereocenters. The number of nitriles is 1. The second kappa shape index (κ2) is 6.08. The van der Waals surface area contributed by atoms with Crippen LogP contribution in [0.4, 0.5) is 5.69 Å². The zero-order chi connectivity index (χ0) is 11.1. The molecule has 80 valence electrons. The van der Waals surface area contributed by atoms with Gasteiger partial charge in [0.2, 0.25) is 0 Å². The maximum Gasteiger partial charge on any atom is 0.105 e. The van der Waals surface area contributed by atoms with Crippen molar-refractivity contribution in [2.24, 2.45) is 5.92 Å². The number of benzene rings is 1. The predicted octanol–water partition coefficient (Wildman–Crippen LogP) is 3.06. The highest BCUT2D eigenvalue weighted by atomic mass is 15.1. The van der Waals surface area contributed by atoms with Crippen molar-refractivity contribution in [2.75, 3.05) is 18.0 Å². The Hall–Kier alpha value is -1.49. The van der Waals surface area contributed by atoms with Gasteiger partial charge in [0.1, 0.15) is 6.54 Å². The molecule has 0 aliphatic heterocycles. The average molecular weight is 202 g/mol. The topological polar surface area (TPSA) is 27.0 Å². The molecule has 0 radical (unpaired) electrons. The summed E-state index contributed by atoms with van der Waals surface area (Å²) in [7, 11) is 0. The summed E-state index contributed by atoms with van der Waals surface area (Å²) < 4.78 is 0. The molecule has 0 fully saturated rings. The SMILES string of the molecule is CC(C)CCN(CC#N)c1ccccc1. The van der Waals surface area contributed by atoms with E-state index >= 15 is 0 Å². The number of anilines is 1. The molecule has 0 saturated carbocycles. The largest absolute Gasteiger partial charge is 0.358 e. The summed E-state index contributed by atoms with van der Waals surface area (Å²) in [6.45, 7) is 5.83. The molecule has 0 bridgehead atoms. The molecular weight excluding hydrogens is 184 g/mol. The van der Waals surface area contributed by atoms with E-state index in [1.54, 1.807) is 0 Å². The van der Waals surface area contributed by atoms with Gasteiger partial charge in [0.05, 0.1) is 6.07 Å². The van der Waals surface area contributed by atoms with Gasteiger partial charge in [-0.1, -0.05) is 32.0 Å². The van der Waals surface area contributed by atoms with Crippen LogP contribution in [-0.4, -0.2) is 13.1 Å². The molecule has 0 unspecified atom stereocenters. The van der Waals surface area contributed by atoms with Crippen molar-refractivity contribution >= 4 is 5.69 Å². The Labute approximate surface area is 92.1 Å². The Kier molecular flexibility index (Phi) is 4.70. The highest BCUT2D eigenvalue weighted by Crippen LogP contribution is 2.14. The Morgan fingerprint density at radius 1 is 1.27 bits per heavy atom. The van der Waals surface area contributed by atoms with Crippen LogP contribution in [-0.2, 0) is 0 Å². The standard InChI is InChI=1S/C13H18N2/c1-12(2)8-10-15(11-9-14)13-6-4-3-5-7-13/h3-7,12H,8,10-11H2,1-2H3. The fraction of sp³-hybridized carbons (Fsp3) is 0.462. The van der Waals surface area contributed by atoms with Gasteiger partial charge >= 0.3 is 0 Å². The van der Waals surface area contributed by atoms with Crippen LogP contribution in [0.3, 0.4) is 0 Å². The second-order valence-electron chi connectivity index (χ2n) is 4.10. The van der Waals surface area contributed by atoms with Crippen molar-refractivity contribution in [3.8, 4) is 6.07 Å². The molecule has 2 heteroatoms. The summed E-state index contributed by atoms with van der Waals surface area (Å²) in [5.74, 6) is 0.676. The zero-order valence-corrected chi connectivity index (χ0v) is 9.48. The van der Waals surface area contributed by atoms with E-state index in [9.17, 15) is 0 Å². The van der Waals surface area contributed by atoms with Gasteiger partial charge < -0.3 is 4.90 Å². The number of rotatable bonds is 5. The van der Waals surface area contributed by atoms with E-state index in [1.807, 2.05) is 18.2 Å². The quantitative estimate of drug-likeness (QED) is 0.686. The lowest BCUT2D eigenvalue weighted by molar-refractivity contribution is 0.580. The second-order valence-corrected chi connectivity index (χ2v) is 4.10. The average Bonchev–Trinajstić information content (AvgIpc) is 2.25. The number of nitrogens with zero attached hydrogens (tertiary/aromatic N) is 2. The van der Waals surface area contributed by atoms with E-state index in [2.05, 4.69) is 36.9 Å². The minimum absolute atomic E-state index is 0.469. The molecule has 0 aliphatic rings. The van der Waals surface area contributed by atoms with Crippen LogP contribution in [0.15, 0.2) is 30.3 Å². The van der Waals surface area contributed by atoms with Crippen LogP contribution < -0.4 is 4.90 Å². The molecule has 1 rings (SSSR count). The lowest BCUT2D eigenvalue weighted by Crippen LogP contribution is -2.25. The lowest BCUT2D eigenvalue weighted by Gasteiger charge is -2.22. The van der Waals surface area contributed by atoms with Crippen LogP contribution in [0.25, 0.3) is 0 Å². The van der Waals surface area contributed by atoms with Gasteiger partial charge in [-0.2, -0.15) is 5.26 Å². The van der Waals surface area contributed by atoms with E-state index in [4.69, 9.17) is 5.26 Å². The summed E-state index contributed by atoms with van der Waals surface area (Å²) in [5.41, 5.74) is 1.14. The first-order valence-electron chi connectivity index (χ1n) is 5.41. The Morgan fingerprint density at radius 2 is 1.93 bits per heavy atom. The fourth-order valence-electron chi connectivity index (χ4n) is 1.44. The first-order valence-corrected chi connectivity index (χ1v) is 5.41. The van der Waals surface area contributed by atoms with Crippen molar-refractivity contribution in [3.63, 3.8) is 0 Å². The molecule has 0 N–H and O–H groups in total. The molecule has 0 aromatic heterocycles. The highest BCUT2D eigenvalue weighted by Gasteiger charge is 2.05. The van der Waals surface area contributed by atoms with E-state index in [-0.39, 0.29) is 0 Å². The summed E-state index contributed by atoms with van der Waals surface area (Å²) in [4.78, 5) is 2.12. The number of hydrogen-bond donors (Lipinski definition) is 0. The van der Waals surface area contributed by atoms with E-state index in [1.165, 1.54) is 0 Å². The molecule has 0 aliphatic carbocycles. The monoisotopic (exact) mass is 202 g/mol. The van der Waals surface area contributed by atoms with Crippen molar-refractivity contribution in [2.45, 2.75) is 20.3 Å². The first-order chi connectivity index (χ1) is 7.24. The molecule has 0 amide bonds. The predicted molar refractivity (Wildman–Crippen MR) is 63.7 cm³/mol.